The first kappa shape index (κ1) is 11.8. The lowest BCUT2D eigenvalue weighted by Gasteiger charge is -2.16. The molecule has 4 N–H and O–H groups in total. The first-order valence-electron chi connectivity index (χ1n) is 5.70. The maximum Gasteiger partial charge on any atom is 0.133 e. The van der Waals surface area contributed by atoms with Crippen LogP contribution in [0.4, 0.5) is 5.82 Å². The van der Waals surface area contributed by atoms with E-state index in [1.165, 1.54) is 0 Å². The molecule has 0 spiro atoms. The van der Waals surface area contributed by atoms with Crippen molar-refractivity contribution >= 4 is 16.6 Å². The van der Waals surface area contributed by atoms with E-state index in [9.17, 15) is 5.11 Å². The molecule has 2 rings (SSSR count). The van der Waals surface area contributed by atoms with Gasteiger partial charge in [-0.25, -0.2) is 4.98 Å². The Labute approximate surface area is 100 Å². The van der Waals surface area contributed by atoms with Gasteiger partial charge in [-0.1, -0.05) is 24.3 Å². The number of anilines is 1. The molecule has 4 heteroatoms. The molecule has 0 aliphatic carbocycles. The molecule has 2 unspecified atom stereocenters. The first-order valence-corrected chi connectivity index (χ1v) is 5.70. The summed E-state index contributed by atoms with van der Waals surface area (Å²) in [6.07, 6.45) is 1.23. The molecular weight excluding hydrogens is 214 g/mol. The molecule has 0 bridgehead atoms. The highest BCUT2D eigenvalue weighted by molar-refractivity contribution is 5.91. The first-order chi connectivity index (χ1) is 8.18. The van der Waals surface area contributed by atoms with Gasteiger partial charge in [0.15, 0.2) is 0 Å². The molecule has 0 radical (unpaired) electrons. The minimum absolute atomic E-state index is 0.296. The van der Waals surface area contributed by atoms with E-state index in [0.717, 1.165) is 16.6 Å². The second-order valence-corrected chi connectivity index (χ2v) is 4.17. The Hall–Kier alpha value is -1.65. The molecule has 4 nitrogen and oxygen atoms in total. The highest BCUT2D eigenvalue weighted by Crippen LogP contribution is 2.20. The van der Waals surface area contributed by atoms with Crippen LogP contribution in [0.15, 0.2) is 36.5 Å². The number of aliphatic hydroxyl groups excluding tert-OH is 1. The van der Waals surface area contributed by atoms with Gasteiger partial charge in [0.2, 0.25) is 0 Å². The van der Waals surface area contributed by atoms with Crippen molar-refractivity contribution in [3.05, 3.63) is 36.5 Å². The molecule has 1 aromatic heterocycles. The molecule has 0 saturated carbocycles. The van der Waals surface area contributed by atoms with Gasteiger partial charge in [-0.2, -0.15) is 0 Å². The number of fused-ring (bicyclic) bond motifs is 1. The Morgan fingerprint density at radius 2 is 2.12 bits per heavy atom. The summed E-state index contributed by atoms with van der Waals surface area (Å²) >= 11 is 0. The highest BCUT2D eigenvalue weighted by atomic mass is 16.3. The fraction of sp³-hybridized carbons (Fsp3) is 0.308. The van der Waals surface area contributed by atoms with Crippen molar-refractivity contribution in [2.24, 2.45) is 5.73 Å². The van der Waals surface area contributed by atoms with Gasteiger partial charge >= 0.3 is 0 Å². The van der Waals surface area contributed by atoms with Crippen LogP contribution in [0.1, 0.15) is 6.92 Å². The third-order valence-electron chi connectivity index (χ3n) is 2.80. The van der Waals surface area contributed by atoms with Crippen LogP contribution in [0.25, 0.3) is 10.8 Å². The van der Waals surface area contributed by atoms with Crippen molar-refractivity contribution < 1.29 is 5.11 Å². The summed E-state index contributed by atoms with van der Waals surface area (Å²) in [5.41, 5.74) is 5.77. The summed E-state index contributed by atoms with van der Waals surface area (Å²) in [5.74, 6) is 0.805. The van der Waals surface area contributed by atoms with Crippen molar-refractivity contribution in [3.8, 4) is 0 Å². The van der Waals surface area contributed by atoms with E-state index in [0.29, 0.717) is 6.54 Å². The van der Waals surface area contributed by atoms with Crippen molar-refractivity contribution in [3.63, 3.8) is 0 Å². The van der Waals surface area contributed by atoms with E-state index < -0.39 is 6.10 Å². The SMILES string of the molecule is CC(O)C(N)CNc1nccc2ccccc12. The number of benzene rings is 1. The van der Waals surface area contributed by atoms with Crippen LogP contribution < -0.4 is 11.1 Å². The molecule has 0 amide bonds. The summed E-state index contributed by atoms with van der Waals surface area (Å²) in [6.45, 7) is 2.18. The standard InChI is InChI=1S/C13H17N3O/c1-9(17)12(14)8-16-13-11-5-3-2-4-10(11)6-7-15-13/h2-7,9,12,17H,8,14H2,1H3,(H,15,16). The van der Waals surface area contributed by atoms with Crippen LogP contribution in [0, 0.1) is 0 Å². The molecule has 1 aromatic carbocycles. The predicted octanol–water partition coefficient (Wildman–Crippen LogP) is 1.35. The molecule has 17 heavy (non-hydrogen) atoms. The molecule has 0 aliphatic heterocycles. The number of hydrogen-bond donors (Lipinski definition) is 3. The van der Waals surface area contributed by atoms with Gasteiger partial charge in [0.1, 0.15) is 5.82 Å². The highest BCUT2D eigenvalue weighted by Gasteiger charge is 2.09. The molecule has 2 atom stereocenters. The van der Waals surface area contributed by atoms with Crippen molar-refractivity contribution in [1.29, 1.82) is 0 Å². The topological polar surface area (TPSA) is 71.2 Å². The number of hydrogen-bond acceptors (Lipinski definition) is 4. The number of nitrogens with two attached hydrogens (primary N) is 1. The summed E-state index contributed by atoms with van der Waals surface area (Å²) in [4.78, 5) is 4.29. The van der Waals surface area contributed by atoms with Gasteiger partial charge < -0.3 is 16.2 Å². The zero-order valence-electron chi connectivity index (χ0n) is 9.80. The largest absolute Gasteiger partial charge is 0.392 e. The minimum Gasteiger partial charge on any atom is -0.392 e. The zero-order chi connectivity index (χ0) is 12.3. The zero-order valence-corrected chi connectivity index (χ0v) is 9.80. The summed E-state index contributed by atoms with van der Waals surface area (Å²) in [6, 6.07) is 9.69. The monoisotopic (exact) mass is 231 g/mol. The normalized spacial score (nSPS) is 14.5. The van der Waals surface area contributed by atoms with Crippen LogP contribution in [-0.2, 0) is 0 Å². The quantitative estimate of drug-likeness (QED) is 0.743. The summed E-state index contributed by atoms with van der Waals surface area (Å²) in [7, 11) is 0. The van der Waals surface area contributed by atoms with Gasteiger partial charge in [0.25, 0.3) is 0 Å². The Balaban J connectivity index is 2.19. The Bertz CT molecular complexity index is 493. The Morgan fingerprint density at radius 1 is 1.35 bits per heavy atom. The number of rotatable bonds is 4. The minimum atomic E-state index is -0.530. The molecule has 0 aliphatic rings. The van der Waals surface area contributed by atoms with E-state index in [4.69, 9.17) is 5.73 Å². The lowest BCUT2D eigenvalue weighted by Crippen LogP contribution is -2.38. The van der Waals surface area contributed by atoms with Gasteiger partial charge in [-0.3, -0.25) is 0 Å². The molecule has 90 valence electrons. The summed E-state index contributed by atoms with van der Waals surface area (Å²) in [5, 5.41) is 14.7. The lowest BCUT2D eigenvalue weighted by molar-refractivity contribution is 0.168. The molecule has 1 heterocycles. The van der Waals surface area contributed by atoms with Crippen molar-refractivity contribution in [2.45, 2.75) is 19.1 Å². The number of nitrogens with one attached hydrogen (secondary N) is 1. The number of aliphatic hydroxyl groups is 1. The lowest BCUT2D eigenvalue weighted by atomic mass is 10.1. The molecule has 0 saturated heterocycles. The third-order valence-corrected chi connectivity index (χ3v) is 2.80. The van der Waals surface area contributed by atoms with Gasteiger partial charge in [-0.15, -0.1) is 0 Å². The maximum absolute atomic E-state index is 9.33. The van der Waals surface area contributed by atoms with E-state index in [-0.39, 0.29) is 6.04 Å². The van der Waals surface area contributed by atoms with E-state index in [2.05, 4.69) is 10.3 Å². The van der Waals surface area contributed by atoms with Crippen molar-refractivity contribution in [2.75, 3.05) is 11.9 Å². The average molecular weight is 231 g/mol. The average Bonchev–Trinajstić information content (AvgIpc) is 2.35. The van der Waals surface area contributed by atoms with Crippen molar-refractivity contribution in [1.82, 2.24) is 4.98 Å². The van der Waals surface area contributed by atoms with E-state index in [1.807, 2.05) is 30.3 Å². The summed E-state index contributed by atoms with van der Waals surface area (Å²) < 4.78 is 0. The Morgan fingerprint density at radius 3 is 2.88 bits per heavy atom. The molecular formula is C13H17N3O. The third kappa shape index (κ3) is 2.72. The second-order valence-electron chi connectivity index (χ2n) is 4.17. The maximum atomic E-state index is 9.33. The van der Waals surface area contributed by atoms with Gasteiger partial charge in [-0.05, 0) is 18.4 Å². The van der Waals surface area contributed by atoms with Crippen LogP contribution in [0.2, 0.25) is 0 Å². The fourth-order valence-corrected chi connectivity index (χ4v) is 1.65. The predicted molar refractivity (Wildman–Crippen MR) is 69.9 cm³/mol. The second kappa shape index (κ2) is 5.12. The fourth-order valence-electron chi connectivity index (χ4n) is 1.65. The number of nitrogens with zero attached hydrogens (tertiary/aromatic N) is 1. The smallest absolute Gasteiger partial charge is 0.133 e. The Kier molecular flexibility index (Phi) is 3.56. The number of aromatic nitrogens is 1. The van der Waals surface area contributed by atoms with E-state index in [1.54, 1.807) is 13.1 Å². The van der Waals surface area contributed by atoms with Crippen LogP contribution in [0.3, 0.4) is 0 Å². The molecule has 2 aromatic rings. The van der Waals surface area contributed by atoms with Crippen LogP contribution in [-0.4, -0.2) is 28.8 Å². The van der Waals surface area contributed by atoms with Crippen LogP contribution in [0.5, 0.6) is 0 Å². The van der Waals surface area contributed by atoms with Crippen LogP contribution >= 0.6 is 0 Å². The number of pyridine rings is 1. The van der Waals surface area contributed by atoms with Gasteiger partial charge in [0.05, 0.1) is 6.10 Å². The van der Waals surface area contributed by atoms with E-state index >= 15 is 0 Å². The van der Waals surface area contributed by atoms with Gasteiger partial charge in [0, 0.05) is 24.2 Å². The molecule has 0 fully saturated rings.